The molecule has 0 aromatic rings. The quantitative estimate of drug-likeness (QED) is 0.635. The van der Waals surface area contributed by atoms with Crippen LogP contribution in [0.4, 0.5) is 0 Å². The Morgan fingerprint density at radius 1 is 1.06 bits per heavy atom. The van der Waals surface area contributed by atoms with E-state index in [2.05, 4.69) is 25.7 Å². The molecule has 1 nitrogen and oxygen atoms in total. The first kappa shape index (κ1) is 16.0. The van der Waals surface area contributed by atoms with Crippen LogP contribution < -0.4 is 0 Å². The molecule has 16 heavy (non-hydrogen) atoms. The van der Waals surface area contributed by atoms with Crippen molar-refractivity contribution in [2.24, 2.45) is 5.92 Å². The van der Waals surface area contributed by atoms with Gasteiger partial charge >= 0.3 is 0 Å². The van der Waals surface area contributed by atoms with Crippen molar-refractivity contribution in [3.8, 4) is 0 Å². The molecule has 0 aromatic carbocycles. The molecule has 1 aliphatic heterocycles. The maximum absolute atomic E-state index is 2.75. The van der Waals surface area contributed by atoms with E-state index >= 15 is 0 Å². The van der Waals surface area contributed by atoms with E-state index < -0.39 is 0 Å². The van der Waals surface area contributed by atoms with Gasteiger partial charge in [-0.05, 0) is 31.7 Å². The Balaban J connectivity index is 0.00000106. The van der Waals surface area contributed by atoms with Gasteiger partial charge in [0.1, 0.15) is 0 Å². The molecule has 0 aliphatic carbocycles. The van der Waals surface area contributed by atoms with Gasteiger partial charge in [0, 0.05) is 12.6 Å². The second-order valence-corrected chi connectivity index (χ2v) is 4.79. The van der Waals surface area contributed by atoms with Gasteiger partial charge in [-0.2, -0.15) is 0 Å². The van der Waals surface area contributed by atoms with Gasteiger partial charge in [-0.15, -0.1) is 0 Å². The molecule has 0 saturated carbocycles. The predicted octanol–water partition coefficient (Wildman–Crippen LogP) is 4.71. The third-order valence-corrected chi connectivity index (χ3v) is 3.65. The van der Waals surface area contributed by atoms with Crippen LogP contribution in [0.25, 0.3) is 0 Å². The first-order valence-corrected chi connectivity index (χ1v) is 7.55. The number of nitrogens with zero attached hydrogens (tertiary/aromatic N) is 1. The van der Waals surface area contributed by atoms with Crippen LogP contribution in [0.15, 0.2) is 0 Å². The van der Waals surface area contributed by atoms with Crippen molar-refractivity contribution in [2.45, 2.75) is 79.2 Å². The fourth-order valence-corrected chi connectivity index (χ4v) is 2.70. The van der Waals surface area contributed by atoms with Crippen LogP contribution in [-0.4, -0.2) is 24.0 Å². The summed E-state index contributed by atoms with van der Waals surface area (Å²) in [4.78, 5) is 2.75. The smallest absolute Gasteiger partial charge is 0.00951 e. The van der Waals surface area contributed by atoms with Gasteiger partial charge in [-0.1, -0.05) is 53.9 Å². The van der Waals surface area contributed by atoms with Crippen molar-refractivity contribution in [3.05, 3.63) is 0 Å². The molecule has 98 valence electrons. The molecule has 0 aromatic heterocycles. The summed E-state index contributed by atoms with van der Waals surface area (Å²) in [6, 6.07) is 0.890. The highest BCUT2D eigenvalue weighted by atomic mass is 15.2. The predicted molar refractivity (Wildman–Crippen MR) is 74.9 cm³/mol. The molecule has 0 amide bonds. The Morgan fingerprint density at radius 3 is 2.00 bits per heavy atom. The van der Waals surface area contributed by atoms with Crippen LogP contribution >= 0.6 is 0 Å². The third-order valence-electron chi connectivity index (χ3n) is 3.65. The zero-order chi connectivity index (χ0) is 12.4. The summed E-state index contributed by atoms with van der Waals surface area (Å²) in [7, 11) is 0. The zero-order valence-corrected chi connectivity index (χ0v) is 12.3. The number of likely N-dealkylation sites (tertiary alicyclic amines) is 1. The van der Waals surface area contributed by atoms with Crippen LogP contribution in [0.3, 0.4) is 0 Å². The monoisotopic (exact) mass is 227 g/mol. The Bertz CT molecular complexity index is 138. The lowest BCUT2D eigenvalue weighted by Crippen LogP contribution is -2.33. The lowest BCUT2D eigenvalue weighted by atomic mass is 10.0. The summed E-state index contributed by atoms with van der Waals surface area (Å²) in [5, 5.41) is 0. The largest absolute Gasteiger partial charge is 0.300 e. The molecule has 1 heterocycles. The van der Waals surface area contributed by atoms with Gasteiger partial charge in [0.25, 0.3) is 0 Å². The third kappa shape index (κ3) is 5.34. The molecule has 0 spiro atoms. The Morgan fingerprint density at radius 2 is 1.62 bits per heavy atom. The molecule has 1 aliphatic rings. The van der Waals surface area contributed by atoms with Gasteiger partial charge in [0.15, 0.2) is 0 Å². The van der Waals surface area contributed by atoms with E-state index in [0.29, 0.717) is 0 Å². The first-order valence-electron chi connectivity index (χ1n) is 7.55. The fourth-order valence-electron chi connectivity index (χ4n) is 2.70. The topological polar surface area (TPSA) is 3.24 Å². The second-order valence-electron chi connectivity index (χ2n) is 4.79. The highest BCUT2D eigenvalue weighted by Gasteiger charge is 2.25. The molecule has 0 radical (unpaired) electrons. The molecule has 1 saturated heterocycles. The first-order chi connectivity index (χ1) is 7.81. The fraction of sp³-hybridized carbons (Fsp3) is 1.00. The van der Waals surface area contributed by atoms with Crippen molar-refractivity contribution in [3.63, 3.8) is 0 Å². The summed E-state index contributed by atoms with van der Waals surface area (Å²) in [5.41, 5.74) is 0. The normalized spacial score (nSPS) is 21.0. The minimum absolute atomic E-state index is 0.890. The van der Waals surface area contributed by atoms with Crippen molar-refractivity contribution < 1.29 is 0 Å². The maximum atomic E-state index is 2.75. The summed E-state index contributed by atoms with van der Waals surface area (Å²) in [6.45, 7) is 13.7. The summed E-state index contributed by atoms with van der Waals surface area (Å²) >= 11 is 0. The van der Waals surface area contributed by atoms with E-state index in [1.165, 1.54) is 51.6 Å². The van der Waals surface area contributed by atoms with Crippen LogP contribution in [0.2, 0.25) is 0 Å². The van der Waals surface area contributed by atoms with Crippen LogP contribution in [-0.2, 0) is 0 Å². The maximum Gasteiger partial charge on any atom is 0.00951 e. The van der Waals surface area contributed by atoms with E-state index in [4.69, 9.17) is 0 Å². The molecule has 0 N–H and O–H groups in total. The molecule has 1 unspecified atom stereocenters. The Kier molecular flexibility index (Phi) is 10.1. The standard InChI is InChI=1S/C13H27N.C2H6/c1-4-7-13(8-5-2)14-10-9-12(6-3)11-14;1-2/h12-13H,4-11H2,1-3H3;1-2H3. The summed E-state index contributed by atoms with van der Waals surface area (Å²) in [5.74, 6) is 0.992. The van der Waals surface area contributed by atoms with Crippen molar-refractivity contribution in [1.29, 1.82) is 0 Å². The van der Waals surface area contributed by atoms with E-state index in [9.17, 15) is 0 Å². The summed E-state index contributed by atoms with van der Waals surface area (Å²) in [6.07, 6.45) is 8.33. The minimum atomic E-state index is 0.890. The minimum Gasteiger partial charge on any atom is -0.300 e. The van der Waals surface area contributed by atoms with Crippen molar-refractivity contribution in [1.82, 2.24) is 4.90 Å². The van der Waals surface area contributed by atoms with E-state index in [1.807, 2.05) is 13.8 Å². The van der Waals surface area contributed by atoms with Crippen LogP contribution in [0.1, 0.15) is 73.1 Å². The van der Waals surface area contributed by atoms with Gasteiger partial charge in [-0.3, -0.25) is 0 Å². The van der Waals surface area contributed by atoms with Gasteiger partial charge in [0.05, 0.1) is 0 Å². The molecule has 1 heteroatoms. The number of hydrogen-bond acceptors (Lipinski definition) is 1. The highest BCUT2D eigenvalue weighted by Crippen LogP contribution is 2.24. The van der Waals surface area contributed by atoms with Gasteiger partial charge in [-0.25, -0.2) is 0 Å². The lowest BCUT2D eigenvalue weighted by molar-refractivity contribution is 0.208. The lowest BCUT2D eigenvalue weighted by Gasteiger charge is -2.27. The highest BCUT2D eigenvalue weighted by molar-refractivity contribution is 4.80. The molecular formula is C15H33N. The van der Waals surface area contributed by atoms with Gasteiger partial charge in [0.2, 0.25) is 0 Å². The van der Waals surface area contributed by atoms with E-state index in [0.717, 1.165) is 12.0 Å². The number of hydrogen-bond donors (Lipinski definition) is 0. The Hall–Kier alpha value is -0.0400. The SMILES string of the molecule is CC.CCCC(CCC)N1CCC(CC)C1. The average molecular weight is 227 g/mol. The zero-order valence-electron chi connectivity index (χ0n) is 12.3. The van der Waals surface area contributed by atoms with Crippen LogP contribution in [0.5, 0.6) is 0 Å². The van der Waals surface area contributed by atoms with E-state index in [1.54, 1.807) is 0 Å². The second kappa shape index (κ2) is 10.1. The average Bonchev–Trinajstić information content (AvgIpc) is 2.80. The molecule has 1 atom stereocenters. The van der Waals surface area contributed by atoms with Gasteiger partial charge < -0.3 is 4.90 Å². The Labute approximate surface area is 104 Å². The molecular weight excluding hydrogens is 194 g/mol. The van der Waals surface area contributed by atoms with Crippen LogP contribution in [0, 0.1) is 5.92 Å². The summed E-state index contributed by atoms with van der Waals surface area (Å²) < 4.78 is 0. The molecule has 0 bridgehead atoms. The van der Waals surface area contributed by atoms with Crippen molar-refractivity contribution >= 4 is 0 Å². The molecule has 1 rings (SSSR count). The molecule has 1 fully saturated rings. The number of rotatable bonds is 6. The van der Waals surface area contributed by atoms with Crippen molar-refractivity contribution in [2.75, 3.05) is 13.1 Å². The van der Waals surface area contributed by atoms with E-state index in [-0.39, 0.29) is 0 Å².